The van der Waals surface area contributed by atoms with Crippen molar-refractivity contribution in [1.82, 2.24) is 10.3 Å². The summed E-state index contributed by atoms with van der Waals surface area (Å²) >= 11 is 0. The number of amides is 3. The van der Waals surface area contributed by atoms with Gasteiger partial charge in [0.05, 0.1) is 82.4 Å². The van der Waals surface area contributed by atoms with Crippen molar-refractivity contribution in [3.05, 3.63) is 95.9 Å². The summed E-state index contributed by atoms with van der Waals surface area (Å²) in [4.78, 5) is 31.0. The molecule has 0 fully saturated rings. The second kappa shape index (κ2) is 20.9. The SMILES string of the molecule is COCCOCCOCCNC(=O)C1=CC(Nc2cc(Oc3ccc(NC(=O)Nc4cc(C(C)(C)C)cc(NS(C)(=O)=O)c4OC)c4ccccc34)ccn2)CC(OC)=C1. The van der Waals surface area contributed by atoms with Crippen molar-refractivity contribution in [3.63, 3.8) is 0 Å². The number of fused-ring (bicyclic) bond motifs is 1. The summed E-state index contributed by atoms with van der Waals surface area (Å²) in [5.74, 6) is 2.11. The molecule has 4 aromatic rings. The van der Waals surface area contributed by atoms with Gasteiger partial charge in [0.25, 0.3) is 5.91 Å². The largest absolute Gasteiger partial charge is 0.501 e. The molecule has 16 nitrogen and oxygen atoms in total. The number of benzene rings is 3. The summed E-state index contributed by atoms with van der Waals surface area (Å²) in [6, 6.07) is 17.0. The Bertz CT molecular complexity index is 2310. The molecule has 1 unspecified atom stereocenters. The van der Waals surface area contributed by atoms with E-state index in [2.05, 4.69) is 31.0 Å². The fraction of sp³-hybridized carbons (Fsp3) is 0.372. The Hall–Kier alpha value is -5.88. The fourth-order valence-electron chi connectivity index (χ4n) is 6.22. The van der Waals surface area contributed by atoms with Gasteiger partial charge in [-0.3, -0.25) is 9.52 Å². The number of methoxy groups -OCH3 is 3. The predicted molar refractivity (Wildman–Crippen MR) is 233 cm³/mol. The topological polar surface area (TPSA) is 197 Å². The Morgan fingerprint density at radius 1 is 0.833 bits per heavy atom. The number of sulfonamides is 1. The molecule has 0 bridgehead atoms. The van der Waals surface area contributed by atoms with E-state index in [-0.39, 0.29) is 34.5 Å². The molecule has 3 aromatic carbocycles. The first-order valence-electron chi connectivity index (χ1n) is 19.3. The van der Waals surface area contributed by atoms with Gasteiger partial charge in [-0.25, -0.2) is 18.2 Å². The summed E-state index contributed by atoms with van der Waals surface area (Å²) in [7, 11) is 0.935. The average molecular weight is 847 g/mol. The van der Waals surface area contributed by atoms with Gasteiger partial charge in [-0.05, 0) is 53.5 Å². The van der Waals surface area contributed by atoms with E-state index in [1.165, 1.54) is 7.11 Å². The molecule has 322 valence electrons. The van der Waals surface area contributed by atoms with Gasteiger partial charge in [0, 0.05) is 48.7 Å². The Balaban J connectivity index is 1.26. The zero-order valence-corrected chi connectivity index (χ0v) is 35.8. The number of carbonyl (C=O) groups is 2. The van der Waals surface area contributed by atoms with Crippen LogP contribution in [-0.4, -0.2) is 98.5 Å². The third-order valence-electron chi connectivity index (χ3n) is 9.11. The van der Waals surface area contributed by atoms with Crippen molar-refractivity contribution in [2.75, 3.05) is 87.8 Å². The highest BCUT2D eigenvalue weighted by Crippen LogP contribution is 2.40. The van der Waals surface area contributed by atoms with E-state index in [4.69, 9.17) is 28.4 Å². The third-order valence-corrected chi connectivity index (χ3v) is 9.70. The molecule has 0 saturated carbocycles. The van der Waals surface area contributed by atoms with Crippen LogP contribution in [0.3, 0.4) is 0 Å². The zero-order valence-electron chi connectivity index (χ0n) is 35.0. The second-order valence-electron chi connectivity index (χ2n) is 14.8. The second-order valence-corrected chi connectivity index (χ2v) is 16.6. The average Bonchev–Trinajstić information content (AvgIpc) is 3.20. The number of urea groups is 1. The van der Waals surface area contributed by atoms with Gasteiger partial charge in [-0.15, -0.1) is 0 Å². The molecule has 0 radical (unpaired) electrons. The first-order valence-corrected chi connectivity index (χ1v) is 21.2. The highest BCUT2D eigenvalue weighted by molar-refractivity contribution is 7.92. The maximum atomic E-state index is 13.5. The molecule has 17 heteroatoms. The number of carbonyl (C=O) groups excluding carboxylic acids is 2. The van der Waals surface area contributed by atoms with Gasteiger partial charge >= 0.3 is 6.03 Å². The molecular formula is C43H54N6O10S. The van der Waals surface area contributed by atoms with E-state index in [9.17, 15) is 18.0 Å². The molecule has 3 amide bonds. The van der Waals surface area contributed by atoms with Crippen LogP contribution in [0.25, 0.3) is 10.8 Å². The Morgan fingerprint density at radius 3 is 2.23 bits per heavy atom. The summed E-state index contributed by atoms with van der Waals surface area (Å²) < 4.78 is 60.2. The zero-order chi connectivity index (χ0) is 43.3. The van der Waals surface area contributed by atoms with Crippen LogP contribution in [0.4, 0.5) is 27.7 Å². The van der Waals surface area contributed by atoms with Crippen molar-refractivity contribution in [2.45, 2.75) is 38.6 Å². The predicted octanol–water partition coefficient (Wildman–Crippen LogP) is 6.79. The van der Waals surface area contributed by atoms with E-state index in [1.54, 1.807) is 62.9 Å². The third kappa shape index (κ3) is 13.1. The molecule has 1 aliphatic carbocycles. The molecule has 5 rings (SSSR count). The number of nitrogens with zero attached hydrogens (tertiary/aromatic N) is 1. The van der Waals surface area contributed by atoms with E-state index in [1.807, 2.05) is 51.1 Å². The van der Waals surface area contributed by atoms with Crippen molar-refractivity contribution >= 4 is 55.6 Å². The van der Waals surface area contributed by atoms with Crippen molar-refractivity contribution < 1.29 is 46.4 Å². The number of hydrogen-bond acceptors (Lipinski definition) is 12. The molecule has 1 atom stereocenters. The Kier molecular flexibility index (Phi) is 15.7. The molecule has 0 saturated heterocycles. The lowest BCUT2D eigenvalue weighted by molar-refractivity contribution is -0.117. The normalized spacial score (nSPS) is 14.1. The maximum absolute atomic E-state index is 13.5. The number of nitrogens with one attached hydrogen (secondary N) is 5. The van der Waals surface area contributed by atoms with Gasteiger partial charge < -0.3 is 49.7 Å². The molecule has 5 N–H and O–H groups in total. The van der Waals surface area contributed by atoms with E-state index in [0.29, 0.717) is 85.7 Å². The highest BCUT2D eigenvalue weighted by Gasteiger charge is 2.23. The van der Waals surface area contributed by atoms with Crippen LogP contribution < -0.4 is 35.5 Å². The minimum atomic E-state index is -3.65. The smallest absolute Gasteiger partial charge is 0.323 e. The molecule has 1 heterocycles. The molecule has 60 heavy (non-hydrogen) atoms. The van der Waals surface area contributed by atoms with Crippen LogP contribution in [0.2, 0.25) is 0 Å². The summed E-state index contributed by atoms with van der Waals surface area (Å²) in [6.07, 6.45) is 6.71. The number of anilines is 4. The van der Waals surface area contributed by atoms with E-state index < -0.39 is 16.1 Å². The van der Waals surface area contributed by atoms with Crippen molar-refractivity contribution in [1.29, 1.82) is 0 Å². The van der Waals surface area contributed by atoms with Gasteiger partial charge in [-0.2, -0.15) is 0 Å². The van der Waals surface area contributed by atoms with Crippen LogP contribution >= 0.6 is 0 Å². The first-order chi connectivity index (χ1) is 28.7. The van der Waals surface area contributed by atoms with Crippen LogP contribution in [0, 0.1) is 0 Å². The number of rotatable bonds is 20. The van der Waals surface area contributed by atoms with Crippen molar-refractivity contribution in [2.24, 2.45) is 0 Å². The van der Waals surface area contributed by atoms with Gasteiger partial charge in [0.2, 0.25) is 10.0 Å². The van der Waals surface area contributed by atoms with Gasteiger partial charge in [0.1, 0.15) is 17.3 Å². The van der Waals surface area contributed by atoms with Gasteiger partial charge in [0.15, 0.2) is 5.75 Å². The molecular weight excluding hydrogens is 793 g/mol. The lowest BCUT2D eigenvalue weighted by atomic mass is 9.86. The summed E-state index contributed by atoms with van der Waals surface area (Å²) in [6.45, 7) is 8.49. The van der Waals surface area contributed by atoms with Crippen LogP contribution in [0.1, 0.15) is 32.8 Å². The lowest BCUT2D eigenvalue weighted by Crippen LogP contribution is -2.31. The van der Waals surface area contributed by atoms with E-state index in [0.717, 1.165) is 17.2 Å². The number of aromatic nitrogens is 1. The quantitative estimate of drug-likeness (QED) is 0.0586. The molecule has 1 aliphatic rings. The van der Waals surface area contributed by atoms with Crippen LogP contribution in [0.15, 0.2) is 90.3 Å². The highest BCUT2D eigenvalue weighted by atomic mass is 32.2. The van der Waals surface area contributed by atoms with Crippen LogP contribution in [0.5, 0.6) is 17.2 Å². The minimum absolute atomic E-state index is 0.165. The number of ether oxygens (including phenoxy) is 6. The number of hydrogen-bond donors (Lipinski definition) is 5. The minimum Gasteiger partial charge on any atom is -0.501 e. The fourth-order valence-corrected chi connectivity index (χ4v) is 6.77. The van der Waals surface area contributed by atoms with Crippen LogP contribution in [-0.2, 0) is 39.2 Å². The lowest BCUT2D eigenvalue weighted by Gasteiger charge is -2.24. The molecule has 1 aromatic heterocycles. The number of pyridine rings is 1. The standard InChI is InChI=1S/C43H54N6O10S/c1-43(2,3)29-24-36(40(56-6)37(25-29)49-60(7,52)53)48-42(51)47-35-12-13-38(34-11-9-8-10-33(34)35)59-31-14-15-44-39(27-31)46-30-22-28(23-32(26-30)55-5)41(50)45-16-17-57-20-21-58-19-18-54-4/h8-15,22-25,27,30,49H,16-21,26H2,1-7H3,(H,44,46)(H,45,50)(H2,47,48,51). The molecule has 0 spiro atoms. The maximum Gasteiger partial charge on any atom is 0.323 e. The van der Waals surface area contributed by atoms with Gasteiger partial charge in [-0.1, -0.05) is 45.0 Å². The van der Waals surface area contributed by atoms with Crippen molar-refractivity contribution in [3.8, 4) is 17.2 Å². The Labute approximate surface area is 351 Å². The summed E-state index contributed by atoms with van der Waals surface area (Å²) in [5.41, 5.74) is 1.86. The monoisotopic (exact) mass is 846 g/mol. The first kappa shape index (κ1) is 45.2. The van der Waals surface area contributed by atoms with E-state index >= 15 is 0 Å². The molecule has 0 aliphatic heterocycles. The summed E-state index contributed by atoms with van der Waals surface area (Å²) in [5, 5.41) is 13.5. The Morgan fingerprint density at radius 2 is 1.53 bits per heavy atom.